The lowest BCUT2D eigenvalue weighted by atomic mass is 10.2. The maximum absolute atomic E-state index is 6.11. The lowest BCUT2D eigenvalue weighted by molar-refractivity contribution is 0.425. The molecule has 2 N–H and O–H groups in total. The molecule has 0 atom stereocenters. The van der Waals surface area contributed by atoms with E-state index in [1.807, 2.05) is 45.3 Å². The van der Waals surface area contributed by atoms with Crippen LogP contribution in [-0.2, 0) is 0 Å². The summed E-state index contributed by atoms with van der Waals surface area (Å²) in [7, 11) is 4.08. The Hall–Kier alpha value is -1.85. The van der Waals surface area contributed by atoms with Crippen LogP contribution in [0.4, 0.5) is 17.5 Å². The number of anilines is 3. The third-order valence-electron chi connectivity index (χ3n) is 3.03. The molecule has 1 aromatic heterocycles. The zero-order valence-corrected chi connectivity index (χ0v) is 13.3. The van der Waals surface area contributed by atoms with Crippen molar-refractivity contribution in [3.8, 4) is 0 Å². The lowest BCUT2D eigenvalue weighted by Gasteiger charge is -2.12. The Morgan fingerprint density at radius 2 is 2.05 bits per heavy atom. The summed E-state index contributed by atoms with van der Waals surface area (Å²) in [5.74, 6) is 1.35. The predicted octanol–water partition coefficient (Wildman–Crippen LogP) is 3.16. The van der Waals surface area contributed by atoms with Crippen molar-refractivity contribution in [1.29, 1.82) is 0 Å². The molecule has 0 aliphatic heterocycles. The fraction of sp³-hybridized carbons (Fsp3) is 0.333. The van der Waals surface area contributed by atoms with Crippen LogP contribution in [-0.4, -0.2) is 42.1 Å². The molecule has 0 unspecified atom stereocenters. The van der Waals surface area contributed by atoms with Crippen molar-refractivity contribution < 1.29 is 0 Å². The first kappa shape index (κ1) is 15.5. The van der Waals surface area contributed by atoms with Crippen molar-refractivity contribution in [3.05, 3.63) is 41.0 Å². The van der Waals surface area contributed by atoms with Crippen molar-refractivity contribution in [1.82, 2.24) is 14.9 Å². The van der Waals surface area contributed by atoms with Crippen molar-refractivity contribution in [2.24, 2.45) is 0 Å². The Morgan fingerprint density at radius 1 is 1.24 bits per heavy atom. The van der Waals surface area contributed by atoms with Crippen LogP contribution < -0.4 is 10.6 Å². The number of halogens is 1. The van der Waals surface area contributed by atoms with E-state index in [-0.39, 0.29) is 0 Å². The first-order valence-electron chi connectivity index (χ1n) is 6.80. The topological polar surface area (TPSA) is 53.1 Å². The molecule has 0 bridgehead atoms. The van der Waals surface area contributed by atoms with Gasteiger partial charge in [-0.3, -0.25) is 0 Å². The smallest absolute Gasteiger partial charge is 0.229 e. The standard InChI is InChI=1S/C15H20ClN5/c1-11-12(16)5-4-6-13(11)19-15-18-8-7-14(20-15)17-9-10-21(2)3/h4-8H,9-10H2,1-3H3,(H2,17,18,19,20). The molecule has 2 rings (SSSR count). The number of nitrogens with zero attached hydrogens (tertiary/aromatic N) is 3. The molecule has 1 aromatic carbocycles. The fourth-order valence-corrected chi connectivity index (χ4v) is 1.96. The Kier molecular flexibility index (Phi) is 5.36. The van der Waals surface area contributed by atoms with Crippen LogP contribution in [0.5, 0.6) is 0 Å². The van der Waals surface area contributed by atoms with E-state index in [4.69, 9.17) is 11.6 Å². The molecule has 1 heterocycles. The number of benzene rings is 1. The first-order chi connectivity index (χ1) is 10.1. The second kappa shape index (κ2) is 7.24. The molecule has 0 fully saturated rings. The van der Waals surface area contributed by atoms with Crippen LogP contribution >= 0.6 is 11.6 Å². The molecule has 5 nitrogen and oxygen atoms in total. The van der Waals surface area contributed by atoms with Gasteiger partial charge in [-0.15, -0.1) is 0 Å². The van der Waals surface area contributed by atoms with E-state index in [9.17, 15) is 0 Å². The van der Waals surface area contributed by atoms with Crippen LogP contribution in [0.3, 0.4) is 0 Å². The van der Waals surface area contributed by atoms with Gasteiger partial charge in [-0.25, -0.2) is 4.98 Å². The van der Waals surface area contributed by atoms with Gasteiger partial charge in [0.25, 0.3) is 0 Å². The summed E-state index contributed by atoms with van der Waals surface area (Å²) in [6.07, 6.45) is 1.73. The van der Waals surface area contributed by atoms with Crippen LogP contribution in [0.15, 0.2) is 30.5 Å². The van der Waals surface area contributed by atoms with Crippen molar-refractivity contribution >= 4 is 29.1 Å². The summed E-state index contributed by atoms with van der Waals surface area (Å²) >= 11 is 6.11. The SMILES string of the molecule is Cc1c(Cl)cccc1Nc1nccc(NCCN(C)C)n1. The van der Waals surface area contributed by atoms with E-state index >= 15 is 0 Å². The normalized spacial score (nSPS) is 10.7. The third kappa shape index (κ3) is 4.58. The average molecular weight is 306 g/mol. The minimum Gasteiger partial charge on any atom is -0.369 e. The lowest BCUT2D eigenvalue weighted by Crippen LogP contribution is -2.21. The monoisotopic (exact) mass is 305 g/mol. The van der Waals surface area contributed by atoms with Gasteiger partial charge in [0.15, 0.2) is 0 Å². The van der Waals surface area contributed by atoms with Gasteiger partial charge in [-0.05, 0) is 44.8 Å². The third-order valence-corrected chi connectivity index (χ3v) is 3.44. The summed E-state index contributed by atoms with van der Waals surface area (Å²) < 4.78 is 0. The first-order valence-corrected chi connectivity index (χ1v) is 7.18. The van der Waals surface area contributed by atoms with E-state index in [0.29, 0.717) is 5.95 Å². The Balaban J connectivity index is 2.05. The second-order valence-corrected chi connectivity index (χ2v) is 5.44. The van der Waals surface area contributed by atoms with Gasteiger partial charge in [-0.1, -0.05) is 17.7 Å². The number of likely N-dealkylation sites (N-methyl/N-ethyl adjacent to an activating group) is 1. The number of nitrogens with one attached hydrogen (secondary N) is 2. The zero-order valence-electron chi connectivity index (χ0n) is 12.5. The molecule has 0 aliphatic rings. The maximum Gasteiger partial charge on any atom is 0.229 e. The molecule has 112 valence electrons. The number of aromatic nitrogens is 2. The van der Waals surface area contributed by atoms with Crippen LogP contribution in [0.2, 0.25) is 5.02 Å². The van der Waals surface area contributed by atoms with Crippen molar-refractivity contribution in [2.75, 3.05) is 37.8 Å². The highest BCUT2D eigenvalue weighted by Gasteiger charge is 2.04. The van der Waals surface area contributed by atoms with E-state index in [1.54, 1.807) is 6.20 Å². The Morgan fingerprint density at radius 3 is 2.81 bits per heavy atom. The molecule has 0 saturated carbocycles. The van der Waals surface area contributed by atoms with Gasteiger partial charge in [-0.2, -0.15) is 4.98 Å². The van der Waals surface area contributed by atoms with E-state index in [0.717, 1.165) is 35.2 Å². The van der Waals surface area contributed by atoms with Crippen molar-refractivity contribution in [2.45, 2.75) is 6.92 Å². The second-order valence-electron chi connectivity index (χ2n) is 5.03. The number of hydrogen-bond acceptors (Lipinski definition) is 5. The Labute approximate surface area is 130 Å². The summed E-state index contributed by atoms with van der Waals surface area (Å²) in [5.41, 5.74) is 1.89. The molecule has 0 spiro atoms. The largest absolute Gasteiger partial charge is 0.369 e. The Bertz CT molecular complexity index is 600. The molecule has 21 heavy (non-hydrogen) atoms. The molecule has 0 aliphatic carbocycles. The van der Waals surface area contributed by atoms with Crippen LogP contribution in [0, 0.1) is 6.92 Å². The molecular weight excluding hydrogens is 286 g/mol. The minimum absolute atomic E-state index is 0.551. The van der Waals surface area contributed by atoms with Gasteiger partial charge in [0, 0.05) is 30.0 Å². The molecule has 0 radical (unpaired) electrons. The average Bonchev–Trinajstić information content (AvgIpc) is 2.44. The van der Waals surface area contributed by atoms with Crippen LogP contribution in [0.25, 0.3) is 0 Å². The molecule has 0 amide bonds. The van der Waals surface area contributed by atoms with Gasteiger partial charge in [0.1, 0.15) is 5.82 Å². The summed E-state index contributed by atoms with van der Waals surface area (Å²) in [4.78, 5) is 10.8. The van der Waals surface area contributed by atoms with E-state index < -0.39 is 0 Å². The van der Waals surface area contributed by atoms with Gasteiger partial charge in [0.2, 0.25) is 5.95 Å². The maximum atomic E-state index is 6.11. The highest BCUT2D eigenvalue weighted by molar-refractivity contribution is 6.31. The summed E-state index contributed by atoms with van der Waals surface area (Å²) in [6.45, 7) is 3.74. The highest BCUT2D eigenvalue weighted by atomic mass is 35.5. The quantitative estimate of drug-likeness (QED) is 0.858. The fourth-order valence-electron chi connectivity index (χ4n) is 1.79. The van der Waals surface area contributed by atoms with E-state index in [2.05, 4.69) is 25.5 Å². The van der Waals surface area contributed by atoms with Gasteiger partial charge >= 0.3 is 0 Å². The molecular formula is C15H20ClN5. The van der Waals surface area contributed by atoms with Crippen molar-refractivity contribution in [3.63, 3.8) is 0 Å². The number of rotatable bonds is 6. The predicted molar refractivity (Wildman–Crippen MR) is 88.5 cm³/mol. The molecule has 2 aromatic rings. The number of hydrogen-bond donors (Lipinski definition) is 2. The molecule has 6 heteroatoms. The zero-order chi connectivity index (χ0) is 15.2. The molecule has 0 saturated heterocycles. The van der Waals surface area contributed by atoms with Gasteiger partial charge < -0.3 is 15.5 Å². The summed E-state index contributed by atoms with van der Waals surface area (Å²) in [5, 5.41) is 7.19. The minimum atomic E-state index is 0.551. The van der Waals surface area contributed by atoms with E-state index in [1.165, 1.54) is 0 Å². The van der Waals surface area contributed by atoms with Gasteiger partial charge in [0.05, 0.1) is 0 Å². The van der Waals surface area contributed by atoms with Crippen LogP contribution in [0.1, 0.15) is 5.56 Å². The highest BCUT2D eigenvalue weighted by Crippen LogP contribution is 2.25. The summed E-state index contributed by atoms with van der Waals surface area (Å²) in [6, 6.07) is 7.57.